The topological polar surface area (TPSA) is 36.3 Å². The Morgan fingerprint density at radius 1 is 0.735 bits per heavy atom. The van der Waals surface area contributed by atoms with E-state index in [2.05, 4.69) is 59.2 Å². The zero-order chi connectivity index (χ0) is 22.0. The van der Waals surface area contributed by atoms with E-state index in [1.54, 1.807) is 0 Å². The Bertz CT molecular complexity index is 1890. The lowest BCUT2D eigenvalue weighted by molar-refractivity contribution is 0.362. The van der Waals surface area contributed by atoms with Gasteiger partial charge < -0.3 is 9.47 Å². The molecule has 4 nitrogen and oxygen atoms in total. The molecule has 0 aliphatic carbocycles. The molecule has 1 aromatic heterocycles. The van der Waals surface area contributed by atoms with Crippen LogP contribution in [-0.4, -0.2) is 16.3 Å². The van der Waals surface area contributed by atoms with Gasteiger partial charge >= 0.3 is 0 Å². The maximum Gasteiger partial charge on any atom is 0.253 e. The third-order valence-corrected chi connectivity index (χ3v) is 7.53. The molecule has 4 heterocycles. The Morgan fingerprint density at radius 3 is 2.53 bits per heavy atom. The minimum Gasteiger partial charge on any atom is -0.450 e. The minimum absolute atomic E-state index is 0.0568. The summed E-state index contributed by atoms with van der Waals surface area (Å²) in [7, 11) is 0. The van der Waals surface area contributed by atoms with Crippen LogP contribution in [-0.2, 0) is 0 Å². The second-order valence-electron chi connectivity index (χ2n) is 9.17. The summed E-state index contributed by atoms with van der Waals surface area (Å²) >= 11 is 0. The Balaban J connectivity index is 1.44. The van der Waals surface area contributed by atoms with Gasteiger partial charge in [-0.3, -0.25) is 4.57 Å². The van der Waals surface area contributed by atoms with E-state index in [1.807, 2.05) is 36.7 Å². The van der Waals surface area contributed by atoms with Crippen LogP contribution in [0.15, 0.2) is 91.3 Å². The van der Waals surface area contributed by atoms with Crippen molar-refractivity contribution in [2.24, 2.45) is 0 Å². The van der Waals surface area contributed by atoms with E-state index in [9.17, 15) is 0 Å². The van der Waals surface area contributed by atoms with Crippen molar-refractivity contribution in [2.45, 2.75) is 0 Å². The maximum absolute atomic E-state index is 6.57. The Labute approximate surface area is 195 Å². The van der Waals surface area contributed by atoms with Crippen LogP contribution in [0.1, 0.15) is 0 Å². The second kappa shape index (κ2) is 5.70. The molecule has 9 rings (SSSR count). The molecular weight excluding hydrogens is 419 g/mol. The van der Waals surface area contributed by atoms with E-state index in [1.165, 1.54) is 38.5 Å². The normalized spacial score (nSPS) is 13.7. The summed E-state index contributed by atoms with van der Waals surface area (Å²) in [4.78, 5) is 4.77. The Kier molecular flexibility index (Phi) is 2.85. The standard InChI is InChI=1S/C29H15BN2O2/c1-2-7-17-16(6-1)12-13-19-25(17)18-8-5-9-21-26(18)30(19)27-28-20(31-15-32(21)28)14-24-29(27)34-23-11-4-3-10-22(23)33-24/h1-15H. The number of ether oxygens (including phenoxy) is 2. The molecule has 0 saturated heterocycles. The highest BCUT2D eigenvalue weighted by molar-refractivity contribution is 7.02. The third kappa shape index (κ3) is 1.87. The van der Waals surface area contributed by atoms with E-state index in [-0.39, 0.29) is 6.71 Å². The number of imidazole rings is 1. The van der Waals surface area contributed by atoms with Gasteiger partial charge in [0.2, 0.25) is 0 Å². The summed E-state index contributed by atoms with van der Waals surface area (Å²) in [6.07, 6.45) is 1.93. The highest BCUT2D eigenvalue weighted by Crippen LogP contribution is 2.47. The fraction of sp³-hybridized carbons (Fsp3) is 0. The van der Waals surface area contributed by atoms with Crippen LogP contribution in [0.25, 0.3) is 38.6 Å². The predicted molar refractivity (Wildman–Crippen MR) is 135 cm³/mol. The van der Waals surface area contributed by atoms with Crippen molar-refractivity contribution in [2.75, 3.05) is 0 Å². The first-order valence-corrected chi connectivity index (χ1v) is 11.5. The van der Waals surface area contributed by atoms with Crippen molar-refractivity contribution in [3.05, 3.63) is 91.3 Å². The lowest BCUT2D eigenvalue weighted by Crippen LogP contribution is -2.53. The Hall–Kier alpha value is -4.51. The minimum atomic E-state index is 0.0568. The monoisotopic (exact) mass is 434 g/mol. The molecular formula is C29H15BN2O2. The highest BCUT2D eigenvalue weighted by atomic mass is 16.6. The highest BCUT2D eigenvalue weighted by Gasteiger charge is 2.44. The number of benzene rings is 5. The van der Waals surface area contributed by atoms with E-state index in [0.717, 1.165) is 39.5 Å². The maximum atomic E-state index is 6.57. The third-order valence-electron chi connectivity index (χ3n) is 7.53. The lowest BCUT2D eigenvalue weighted by Gasteiger charge is -2.29. The van der Waals surface area contributed by atoms with Gasteiger partial charge in [-0.25, -0.2) is 4.98 Å². The number of fused-ring (bicyclic) bond motifs is 10. The van der Waals surface area contributed by atoms with E-state index in [4.69, 9.17) is 14.5 Å². The van der Waals surface area contributed by atoms with E-state index < -0.39 is 0 Å². The molecule has 0 N–H and O–H groups in total. The first-order chi connectivity index (χ1) is 16.9. The van der Waals surface area contributed by atoms with Crippen LogP contribution in [0.5, 0.6) is 23.0 Å². The van der Waals surface area contributed by atoms with Crippen molar-refractivity contribution < 1.29 is 9.47 Å². The smallest absolute Gasteiger partial charge is 0.253 e. The number of nitrogens with zero attached hydrogens (tertiary/aromatic N) is 2. The largest absolute Gasteiger partial charge is 0.450 e. The van der Waals surface area contributed by atoms with Gasteiger partial charge in [0, 0.05) is 17.2 Å². The summed E-state index contributed by atoms with van der Waals surface area (Å²) in [6, 6.07) is 29.7. The second-order valence-corrected chi connectivity index (χ2v) is 9.17. The van der Waals surface area contributed by atoms with Gasteiger partial charge in [0.15, 0.2) is 23.0 Å². The number of hydrogen-bond donors (Lipinski definition) is 0. The summed E-state index contributed by atoms with van der Waals surface area (Å²) in [6.45, 7) is 0.0568. The molecule has 6 aromatic rings. The van der Waals surface area contributed by atoms with E-state index in [0.29, 0.717) is 0 Å². The number of para-hydroxylation sites is 2. The van der Waals surface area contributed by atoms with Crippen molar-refractivity contribution in [3.8, 4) is 39.8 Å². The molecule has 0 atom stereocenters. The summed E-state index contributed by atoms with van der Waals surface area (Å²) in [5, 5.41) is 2.54. The summed E-state index contributed by atoms with van der Waals surface area (Å²) < 4.78 is 15.1. The number of hydrogen-bond acceptors (Lipinski definition) is 3. The molecule has 0 unspecified atom stereocenters. The van der Waals surface area contributed by atoms with Crippen LogP contribution in [0.3, 0.4) is 0 Å². The van der Waals surface area contributed by atoms with Crippen LogP contribution < -0.4 is 25.9 Å². The first kappa shape index (κ1) is 17.0. The molecule has 3 aliphatic rings. The quantitative estimate of drug-likeness (QED) is 0.319. The molecule has 0 bridgehead atoms. The molecule has 34 heavy (non-hydrogen) atoms. The van der Waals surface area contributed by atoms with Gasteiger partial charge in [-0.1, -0.05) is 66.1 Å². The SMILES string of the molecule is c1ccc2c(c1)Oc1cc3ncn4c3c(c1O2)B1c2ccc3ccccc3c2-c2cccc-4c21. The van der Waals surface area contributed by atoms with Gasteiger partial charge in [-0.2, -0.15) is 0 Å². The molecule has 0 saturated carbocycles. The molecule has 5 heteroatoms. The fourth-order valence-corrected chi connectivity index (χ4v) is 6.21. The number of aromatic nitrogens is 2. The van der Waals surface area contributed by atoms with Crippen LogP contribution in [0, 0.1) is 0 Å². The fourth-order valence-electron chi connectivity index (χ4n) is 6.21. The van der Waals surface area contributed by atoms with Crippen LogP contribution >= 0.6 is 0 Å². The molecule has 3 aliphatic heterocycles. The average Bonchev–Trinajstić information content (AvgIpc) is 3.46. The molecule has 5 aromatic carbocycles. The van der Waals surface area contributed by atoms with E-state index >= 15 is 0 Å². The van der Waals surface area contributed by atoms with Gasteiger partial charge in [-0.15, -0.1) is 0 Å². The van der Waals surface area contributed by atoms with Crippen molar-refractivity contribution in [1.29, 1.82) is 0 Å². The molecule has 0 radical (unpaired) electrons. The van der Waals surface area contributed by atoms with Crippen molar-refractivity contribution >= 4 is 44.9 Å². The molecule has 156 valence electrons. The molecule has 0 fully saturated rings. The predicted octanol–water partition coefficient (Wildman–Crippen LogP) is 4.89. The van der Waals surface area contributed by atoms with Gasteiger partial charge in [0.25, 0.3) is 6.71 Å². The summed E-state index contributed by atoms with van der Waals surface area (Å²) in [5.74, 6) is 2.99. The zero-order valence-electron chi connectivity index (χ0n) is 17.9. The van der Waals surface area contributed by atoms with Crippen molar-refractivity contribution in [1.82, 2.24) is 9.55 Å². The van der Waals surface area contributed by atoms with Crippen molar-refractivity contribution in [3.63, 3.8) is 0 Å². The zero-order valence-corrected chi connectivity index (χ0v) is 17.9. The van der Waals surface area contributed by atoms with Gasteiger partial charge in [0.1, 0.15) is 6.33 Å². The first-order valence-electron chi connectivity index (χ1n) is 11.5. The van der Waals surface area contributed by atoms with Gasteiger partial charge in [-0.05, 0) is 45.6 Å². The Morgan fingerprint density at radius 2 is 1.59 bits per heavy atom. The van der Waals surface area contributed by atoms with Crippen LogP contribution in [0.4, 0.5) is 0 Å². The molecule has 0 amide bonds. The van der Waals surface area contributed by atoms with Crippen LogP contribution in [0.2, 0.25) is 0 Å². The number of rotatable bonds is 0. The lowest BCUT2D eigenvalue weighted by atomic mass is 9.37. The summed E-state index contributed by atoms with van der Waals surface area (Å²) in [5.41, 5.74) is 9.57. The average molecular weight is 434 g/mol. The van der Waals surface area contributed by atoms with Gasteiger partial charge in [0.05, 0.1) is 11.0 Å². The molecule has 0 spiro atoms.